The number of hydrogen-bond donors (Lipinski definition) is 2. The Hall–Kier alpha value is -2.63. The second-order valence-electron chi connectivity index (χ2n) is 3.80. The summed E-state index contributed by atoms with van der Waals surface area (Å²) < 4.78 is 4.82. The molecule has 6 heteroatoms. The highest BCUT2D eigenvalue weighted by Gasteiger charge is 2.19. The third-order valence-electron chi connectivity index (χ3n) is 2.55. The van der Waals surface area contributed by atoms with E-state index in [2.05, 4.69) is 5.32 Å². The SMILES string of the molecule is CCOC(=O)c1ccc(Nc2c(O)c(=O)c2=O)cc1. The van der Waals surface area contributed by atoms with E-state index < -0.39 is 22.6 Å². The van der Waals surface area contributed by atoms with E-state index in [1.165, 1.54) is 12.1 Å². The lowest BCUT2D eigenvalue weighted by atomic mass is 10.2. The summed E-state index contributed by atoms with van der Waals surface area (Å²) in [7, 11) is 0. The molecule has 0 saturated heterocycles. The van der Waals surface area contributed by atoms with Gasteiger partial charge in [0, 0.05) is 5.69 Å². The summed E-state index contributed by atoms with van der Waals surface area (Å²) in [5.41, 5.74) is -0.927. The van der Waals surface area contributed by atoms with Crippen LogP contribution in [0.4, 0.5) is 11.4 Å². The van der Waals surface area contributed by atoms with Crippen LogP contribution in [0.2, 0.25) is 0 Å². The number of nitrogens with one attached hydrogen (secondary N) is 1. The van der Waals surface area contributed by atoms with Crippen molar-refractivity contribution in [3.63, 3.8) is 0 Å². The van der Waals surface area contributed by atoms with Crippen LogP contribution in [0, 0.1) is 0 Å². The highest BCUT2D eigenvalue weighted by Crippen LogP contribution is 2.21. The number of hydrogen-bond acceptors (Lipinski definition) is 6. The monoisotopic (exact) mass is 261 g/mol. The van der Waals surface area contributed by atoms with Crippen molar-refractivity contribution >= 4 is 17.3 Å². The van der Waals surface area contributed by atoms with E-state index in [1.54, 1.807) is 19.1 Å². The maximum atomic E-state index is 11.4. The highest BCUT2D eigenvalue weighted by molar-refractivity contribution is 5.90. The third kappa shape index (κ3) is 2.33. The summed E-state index contributed by atoms with van der Waals surface area (Å²) in [5, 5.41) is 11.8. The van der Waals surface area contributed by atoms with Gasteiger partial charge in [0.1, 0.15) is 5.69 Å². The molecule has 0 bridgehead atoms. The number of benzene rings is 1. The standard InChI is InChI=1S/C13H11NO5/c1-2-19-13(18)7-3-5-8(6-4-7)14-9-10(15)12(17)11(9)16/h3-6,14-15H,2H2,1H3. The fourth-order valence-electron chi connectivity index (χ4n) is 1.54. The van der Waals surface area contributed by atoms with Crippen molar-refractivity contribution in [2.24, 2.45) is 0 Å². The maximum Gasteiger partial charge on any atom is 0.338 e. The topological polar surface area (TPSA) is 92.7 Å². The van der Waals surface area contributed by atoms with Crippen molar-refractivity contribution in [3.05, 3.63) is 50.3 Å². The van der Waals surface area contributed by atoms with Crippen LogP contribution in [0.3, 0.4) is 0 Å². The van der Waals surface area contributed by atoms with E-state index in [9.17, 15) is 19.5 Å². The van der Waals surface area contributed by atoms with Crippen LogP contribution in [-0.4, -0.2) is 17.7 Å². The summed E-state index contributed by atoms with van der Waals surface area (Å²) in [4.78, 5) is 33.4. The molecule has 0 heterocycles. The molecule has 0 aliphatic carbocycles. The molecular formula is C13H11NO5. The Bertz CT molecular complexity index is 680. The van der Waals surface area contributed by atoms with Crippen LogP contribution in [0.5, 0.6) is 5.75 Å². The average molecular weight is 261 g/mol. The minimum atomic E-state index is -0.898. The van der Waals surface area contributed by atoms with Gasteiger partial charge < -0.3 is 15.2 Å². The Morgan fingerprint density at radius 2 is 1.84 bits per heavy atom. The summed E-state index contributed by atoms with van der Waals surface area (Å²) >= 11 is 0. The molecule has 2 aromatic rings. The molecule has 0 unspecified atom stereocenters. The zero-order valence-electron chi connectivity index (χ0n) is 10.1. The number of anilines is 2. The van der Waals surface area contributed by atoms with Crippen LogP contribution in [-0.2, 0) is 4.74 Å². The zero-order chi connectivity index (χ0) is 14.0. The number of esters is 1. The van der Waals surface area contributed by atoms with E-state index in [1.807, 2.05) is 0 Å². The van der Waals surface area contributed by atoms with E-state index in [-0.39, 0.29) is 12.3 Å². The van der Waals surface area contributed by atoms with E-state index in [0.717, 1.165) is 0 Å². The molecule has 98 valence electrons. The summed E-state index contributed by atoms with van der Waals surface area (Å²) in [5.74, 6) is -1.01. The molecule has 0 aliphatic rings. The predicted molar refractivity (Wildman–Crippen MR) is 68.7 cm³/mol. The molecule has 0 saturated carbocycles. The molecule has 0 amide bonds. The zero-order valence-corrected chi connectivity index (χ0v) is 10.1. The molecule has 0 atom stereocenters. The molecule has 19 heavy (non-hydrogen) atoms. The Morgan fingerprint density at radius 1 is 1.21 bits per heavy atom. The molecule has 0 radical (unpaired) electrons. The minimum Gasteiger partial charge on any atom is -0.502 e. The Labute approximate surface area is 108 Å². The maximum absolute atomic E-state index is 11.4. The van der Waals surface area contributed by atoms with Crippen molar-refractivity contribution in [1.29, 1.82) is 0 Å². The first-order valence-electron chi connectivity index (χ1n) is 5.61. The lowest BCUT2D eigenvalue weighted by molar-refractivity contribution is 0.0526. The lowest BCUT2D eigenvalue weighted by Gasteiger charge is -2.09. The number of aromatic hydroxyl groups is 1. The van der Waals surface area contributed by atoms with Gasteiger partial charge in [0.05, 0.1) is 12.2 Å². The summed E-state index contributed by atoms with van der Waals surface area (Å²) in [6.07, 6.45) is 0. The normalized spacial score (nSPS) is 10.4. The first kappa shape index (κ1) is 12.8. The average Bonchev–Trinajstić information content (AvgIpc) is 2.44. The molecule has 6 nitrogen and oxygen atoms in total. The Morgan fingerprint density at radius 3 is 2.37 bits per heavy atom. The van der Waals surface area contributed by atoms with Crippen LogP contribution in [0.1, 0.15) is 17.3 Å². The molecule has 0 fully saturated rings. The quantitative estimate of drug-likeness (QED) is 0.627. The third-order valence-corrected chi connectivity index (χ3v) is 2.55. The van der Waals surface area contributed by atoms with Gasteiger partial charge >= 0.3 is 5.97 Å². The van der Waals surface area contributed by atoms with Crippen molar-refractivity contribution < 1.29 is 14.6 Å². The van der Waals surface area contributed by atoms with Crippen molar-refractivity contribution in [1.82, 2.24) is 0 Å². The van der Waals surface area contributed by atoms with E-state index >= 15 is 0 Å². The number of ether oxygens (including phenoxy) is 1. The highest BCUT2D eigenvalue weighted by atomic mass is 16.5. The van der Waals surface area contributed by atoms with Gasteiger partial charge in [-0.15, -0.1) is 0 Å². The van der Waals surface area contributed by atoms with Gasteiger partial charge in [0.2, 0.25) is 0 Å². The fraction of sp³-hybridized carbons (Fsp3) is 0.154. The van der Waals surface area contributed by atoms with Gasteiger partial charge in [-0.3, -0.25) is 9.59 Å². The van der Waals surface area contributed by atoms with Gasteiger partial charge in [-0.2, -0.15) is 0 Å². The second-order valence-corrected chi connectivity index (χ2v) is 3.80. The number of rotatable bonds is 4. The molecule has 0 aliphatic heterocycles. The van der Waals surface area contributed by atoms with Gasteiger partial charge in [0.25, 0.3) is 10.9 Å². The minimum absolute atomic E-state index is 0.131. The molecule has 2 rings (SSSR count). The molecule has 2 aromatic carbocycles. The molecule has 2 N–H and O–H groups in total. The summed E-state index contributed by atoms with van der Waals surface area (Å²) in [6.45, 7) is 2.00. The van der Waals surface area contributed by atoms with Crippen LogP contribution in [0.15, 0.2) is 33.9 Å². The van der Waals surface area contributed by atoms with Crippen molar-refractivity contribution in [2.45, 2.75) is 6.92 Å². The number of carbonyl (C=O) groups excluding carboxylic acids is 1. The van der Waals surface area contributed by atoms with Crippen LogP contribution in [0.25, 0.3) is 0 Å². The van der Waals surface area contributed by atoms with Crippen molar-refractivity contribution in [3.8, 4) is 5.75 Å². The Kier molecular flexibility index (Phi) is 3.33. The van der Waals surface area contributed by atoms with Gasteiger partial charge in [-0.25, -0.2) is 4.79 Å². The van der Waals surface area contributed by atoms with Gasteiger partial charge in [-0.05, 0) is 31.2 Å². The molecular weight excluding hydrogens is 250 g/mol. The largest absolute Gasteiger partial charge is 0.502 e. The first-order valence-corrected chi connectivity index (χ1v) is 5.61. The number of carbonyl (C=O) groups is 1. The van der Waals surface area contributed by atoms with Crippen LogP contribution < -0.4 is 16.2 Å². The van der Waals surface area contributed by atoms with Gasteiger partial charge in [-0.1, -0.05) is 0 Å². The second kappa shape index (κ2) is 4.93. The Balaban J connectivity index is 2.14. The van der Waals surface area contributed by atoms with E-state index in [0.29, 0.717) is 11.3 Å². The first-order chi connectivity index (χ1) is 9.04. The van der Waals surface area contributed by atoms with Crippen molar-refractivity contribution in [2.75, 3.05) is 11.9 Å². The van der Waals surface area contributed by atoms with E-state index in [4.69, 9.17) is 4.74 Å². The summed E-state index contributed by atoms with van der Waals surface area (Å²) in [6, 6.07) is 6.12. The molecule has 0 aromatic heterocycles. The predicted octanol–water partition coefficient (Wildman–Crippen LogP) is 0.908. The molecule has 0 spiro atoms. The lowest BCUT2D eigenvalue weighted by Crippen LogP contribution is -2.32. The van der Waals surface area contributed by atoms with Crippen LogP contribution >= 0.6 is 0 Å². The smallest absolute Gasteiger partial charge is 0.338 e. The van der Waals surface area contributed by atoms with Gasteiger partial charge in [0.15, 0.2) is 5.75 Å². The fourth-order valence-corrected chi connectivity index (χ4v) is 1.54.